The number of nitrogens with one attached hydrogen (secondary N) is 1. The number of benzene rings is 2. The van der Waals surface area contributed by atoms with Gasteiger partial charge in [-0.05, 0) is 38.5 Å². The average molecular weight is 328 g/mol. The summed E-state index contributed by atoms with van der Waals surface area (Å²) in [6.45, 7) is 6.18. The first-order valence-electron chi connectivity index (χ1n) is 8.36. The molecule has 2 heterocycles. The van der Waals surface area contributed by atoms with E-state index in [9.17, 15) is 0 Å². The molecule has 4 rings (SSSR count). The molecule has 0 atom stereocenters. The van der Waals surface area contributed by atoms with Gasteiger partial charge in [-0.3, -0.25) is 0 Å². The van der Waals surface area contributed by atoms with Crippen LogP contribution in [0, 0.1) is 20.8 Å². The molecule has 124 valence electrons. The molecule has 0 saturated carbocycles. The van der Waals surface area contributed by atoms with E-state index in [1.54, 1.807) is 0 Å². The highest BCUT2D eigenvalue weighted by Crippen LogP contribution is 2.27. The first kappa shape index (κ1) is 15.4. The predicted octanol–water partition coefficient (Wildman–Crippen LogP) is 5.07. The second-order valence-corrected chi connectivity index (χ2v) is 6.43. The maximum Gasteiger partial charge on any atom is 0.165 e. The van der Waals surface area contributed by atoms with Crippen LogP contribution in [0.15, 0.2) is 60.8 Å². The molecule has 1 N–H and O–H groups in total. The molecule has 0 bridgehead atoms. The fraction of sp³-hybridized carbons (Fsp3) is 0.143. The number of nitrogens with zero attached hydrogens (tertiary/aromatic N) is 3. The van der Waals surface area contributed by atoms with Crippen molar-refractivity contribution in [3.8, 4) is 11.1 Å². The molecule has 0 spiro atoms. The summed E-state index contributed by atoms with van der Waals surface area (Å²) in [6.07, 6.45) is 1.88. The van der Waals surface area contributed by atoms with Crippen molar-refractivity contribution in [3.05, 3.63) is 77.6 Å². The lowest BCUT2D eigenvalue weighted by molar-refractivity contribution is 0.938. The van der Waals surface area contributed by atoms with Gasteiger partial charge in [0.2, 0.25) is 0 Å². The Balaban J connectivity index is 1.81. The van der Waals surface area contributed by atoms with Crippen LogP contribution in [0.5, 0.6) is 0 Å². The quantitative estimate of drug-likeness (QED) is 0.571. The summed E-state index contributed by atoms with van der Waals surface area (Å²) >= 11 is 0. The standard InChI is InChI=1S/C21H20N4/c1-14-4-8-17(9-5-14)19-13-22-25-20(12-16(3)23-21(19)25)24-18-10-6-15(2)7-11-18/h4-13,24H,1-3H3. The van der Waals surface area contributed by atoms with Crippen molar-refractivity contribution >= 4 is 17.2 Å². The van der Waals surface area contributed by atoms with Crippen LogP contribution in [0.1, 0.15) is 16.8 Å². The predicted molar refractivity (Wildman–Crippen MR) is 102 cm³/mol. The van der Waals surface area contributed by atoms with Gasteiger partial charge in [-0.15, -0.1) is 0 Å². The fourth-order valence-electron chi connectivity index (χ4n) is 2.89. The molecular formula is C21H20N4. The van der Waals surface area contributed by atoms with E-state index in [4.69, 9.17) is 4.98 Å². The van der Waals surface area contributed by atoms with Crippen molar-refractivity contribution < 1.29 is 0 Å². The second-order valence-electron chi connectivity index (χ2n) is 6.43. The summed E-state index contributed by atoms with van der Waals surface area (Å²) in [5, 5.41) is 8.01. The smallest absolute Gasteiger partial charge is 0.165 e. The summed E-state index contributed by atoms with van der Waals surface area (Å²) < 4.78 is 1.86. The van der Waals surface area contributed by atoms with Gasteiger partial charge in [0.15, 0.2) is 5.65 Å². The second kappa shape index (κ2) is 6.06. The summed E-state index contributed by atoms with van der Waals surface area (Å²) in [5.41, 5.74) is 7.49. The SMILES string of the molecule is Cc1ccc(Nc2cc(C)nc3c(-c4ccc(C)cc4)cnn23)cc1. The van der Waals surface area contributed by atoms with Crippen molar-refractivity contribution in [2.45, 2.75) is 20.8 Å². The van der Waals surface area contributed by atoms with Crippen LogP contribution in [0.3, 0.4) is 0 Å². The third kappa shape index (κ3) is 2.98. The van der Waals surface area contributed by atoms with Crippen LogP contribution in [0.4, 0.5) is 11.5 Å². The van der Waals surface area contributed by atoms with E-state index in [0.29, 0.717) is 0 Å². The highest BCUT2D eigenvalue weighted by atomic mass is 15.3. The Morgan fingerprint density at radius 3 is 2.16 bits per heavy atom. The normalized spacial score (nSPS) is 11.0. The first-order chi connectivity index (χ1) is 12.1. The molecule has 0 radical (unpaired) electrons. The lowest BCUT2D eigenvalue weighted by Gasteiger charge is -2.10. The Morgan fingerprint density at radius 2 is 1.48 bits per heavy atom. The monoisotopic (exact) mass is 328 g/mol. The first-order valence-corrected chi connectivity index (χ1v) is 8.36. The number of hydrogen-bond acceptors (Lipinski definition) is 3. The maximum atomic E-state index is 4.71. The molecule has 0 aliphatic rings. The minimum Gasteiger partial charge on any atom is -0.340 e. The zero-order chi connectivity index (χ0) is 17.4. The molecule has 0 aliphatic carbocycles. The summed E-state index contributed by atoms with van der Waals surface area (Å²) in [7, 11) is 0. The topological polar surface area (TPSA) is 42.2 Å². The zero-order valence-electron chi connectivity index (χ0n) is 14.6. The summed E-state index contributed by atoms with van der Waals surface area (Å²) in [6, 6.07) is 18.8. The Labute approximate surface area is 147 Å². The highest BCUT2D eigenvalue weighted by molar-refractivity contribution is 5.78. The number of aromatic nitrogens is 3. The lowest BCUT2D eigenvalue weighted by Crippen LogP contribution is -2.02. The molecule has 0 fully saturated rings. The molecule has 2 aromatic carbocycles. The van der Waals surface area contributed by atoms with E-state index in [2.05, 4.69) is 72.8 Å². The van der Waals surface area contributed by atoms with Gasteiger partial charge in [-0.1, -0.05) is 47.5 Å². The van der Waals surface area contributed by atoms with Crippen LogP contribution in [-0.4, -0.2) is 14.6 Å². The molecule has 0 aliphatic heterocycles. The van der Waals surface area contributed by atoms with Gasteiger partial charge >= 0.3 is 0 Å². The van der Waals surface area contributed by atoms with Crippen molar-refractivity contribution in [1.29, 1.82) is 0 Å². The number of hydrogen-bond donors (Lipinski definition) is 1. The van der Waals surface area contributed by atoms with Crippen LogP contribution in [-0.2, 0) is 0 Å². The van der Waals surface area contributed by atoms with Crippen LogP contribution < -0.4 is 5.32 Å². The Kier molecular flexibility index (Phi) is 3.73. The molecule has 4 heteroatoms. The van der Waals surface area contributed by atoms with E-state index < -0.39 is 0 Å². The third-order valence-corrected chi connectivity index (χ3v) is 4.29. The van der Waals surface area contributed by atoms with Crippen molar-refractivity contribution in [2.75, 3.05) is 5.32 Å². The van der Waals surface area contributed by atoms with Gasteiger partial charge in [0, 0.05) is 23.0 Å². The van der Waals surface area contributed by atoms with Gasteiger partial charge < -0.3 is 5.32 Å². The van der Waals surface area contributed by atoms with Crippen molar-refractivity contribution in [3.63, 3.8) is 0 Å². The number of anilines is 2. The van der Waals surface area contributed by atoms with E-state index >= 15 is 0 Å². The zero-order valence-corrected chi connectivity index (χ0v) is 14.6. The highest BCUT2D eigenvalue weighted by Gasteiger charge is 2.12. The molecule has 4 aromatic rings. The Hall–Kier alpha value is -3.14. The molecule has 2 aromatic heterocycles. The number of rotatable bonds is 3. The maximum absolute atomic E-state index is 4.71. The molecule has 25 heavy (non-hydrogen) atoms. The van der Waals surface area contributed by atoms with Gasteiger partial charge in [0.25, 0.3) is 0 Å². The van der Waals surface area contributed by atoms with Gasteiger partial charge in [0.1, 0.15) is 5.82 Å². The third-order valence-electron chi connectivity index (χ3n) is 4.29. The molecular weight excluding hydrogens is 308 g/mol. The van der Waals surface area contributed by atoms with E-state index in [-0.39, 0.29) is 0 Å². The minimum absolute atomic E-state index is 0.860. The van der Waals surface area contributed by atoms with Crippen LogP contribution >= 0.6 is 0 Å². The fourth-order valence-corrected chi connectivity index (χ4v) is 2.89. The van der Waals surface area contributed by atoms with Crippen molar-refractivity contribution in [2.24, 2.45) is 0 Å². The molecule has 0 unspecified atom stereocenters. The summed E-state index contributed by atoms with van der Waals surface area (Å²) in [4.78, 5) is 4.71. The van der Waals surface area contributed by atoms with Gasteiger partial charge in [-0.2, -0.15) is 9.61 Å². The summed E-state index contributed by atoms with van der Waals surface area (Å²) in [5.74, 6) is 0.907. The number of fused-ring (bicyclic) bond motifs is 1. The molecule has 0 saturated heterocycles. The van der Waals surface area contributed by atoms with Crippen LogP contribution in [0.25, 0.3) is 16.8 Å². The largest absolute Gasteiger partial charge is 0.340 e. The van der Waals surface area contributed by atoms with Crippen molar-refractivity contribution in [1.82, 2.24) is 14.6 Å². The van der Waals surface area contributed by atoms with E-state index in [1.165, 1.54) is 11.1 Å². The minimum atomic E-state index is 0.860. The average Bonchev–Trinajstić information content (AvgIpc) is 3.01. The molecule has 4 nitrogen and oxygen atoms in total. The number of aryl methyl sites for hydroxylation is 3. The van der Waals surface area contributed by atoms with Crippen LogP contribution in [0.2, 0.25) is 0 Å². The lowest BCUT2D eigenvalue weighted by atomic mass is 10.1. The van der Waals surface area contributed by atoms with Gasteiger partial charge in [0.05, 0.1) is 6.20 Å². The molecule has 0 amide bonds. The van der Waals surface area contributed by atoms with Gasteiger partial charge in [-0.25, -0.2) is 4.98 Å². The Morgan fingerprint density at radius 1 is 0.840 bits per heavy atom. The Bertz CT molecular complexity index is 1030. The van der Waals surface area contributed by atoms with E-state index in [1.807, 2.05) is 23.7 Å². The van der Waals surface area contributed by atoms with E-state index in [0.717, 1.165) is 34.0 Å².